The minimum absolute atomic E-state index is 0.0295. The van der Waals surface area contributed by atoms with Gasteiger partial charge in [-0.05, 0) is 24.0 Å². The van der Waals surface area contributed by atoms with Gasteiger partial charge < -0.3 is 14.1 Å². The van der Waals surface area contributed by atoms with Crippen molar-refractivity contribution in [3.8, 4) is 11.3 Å². The second-order valence-electron chi connectivity index (χ2n) is 7.78. The number of halogens is 1. The number of fused-ring (bicyclic) bond motifs is 5. The molecule has 3 aromatic rings. The number of furan rings is 1. The number of pyridine rings is 1. The van der Waals surface area contributed by atoms with Gasteiger partial charge in [-0.15, -0.1) is 0 Å². The minimum atomic E-state index is -1.22. The first-order valence-electron chi connectivity index (χ1n) is 8.37. The molecule has 1 atom stereocenters. The molecule has 0 aliphatic carbocycles. The van der Waals surface area contributed by atoms with E-state index in [1.165, 1.54) is 12.3 Å². The number of hydrogen-bond donors (Lipinski definition) is 1. The first-order valence-corrected chi connectivity index (χ1v) is 8.74. The van der Waals surface area contributed by atoms with Gasteiger partial charge in [0.15, 0.2) is 5.43 Å². The molecule has 3 heterocycles. The zero-order valence-corrected chi connectivity index (χ0v) is 15.4. The summed E-state index contributed by atoms with van der Waals surface area (Å²) >= 11 is 6.41. The van der Waals surface area contributed by atoms with Crippen LogP contribution in [0.3, 0.4) is 0 Å². The summed E-state index contributed by atoms with van der Waals surface area (Å²) in [4.78, 5) is 23.8. The van der Waals surface area contributed by atoms with Gasteiger partial charge in [0.1, 0.15) is 11.1 Å². The number of aromatic nitrogens is 1. The number of carboxylic acids is 1. The Morgan fingerprint density at radius 2 is 2.08 bits per heavy atom. The van der Waals surface area contributed by atoms with Gasteiger partial charge in [0.2, 0.25) is 0 Å². The molecule has 1 aliphatic rings. The van der Waals surface area contributed by atoms with E-state index in [0.29, 0.717) is 17.1 Å². The van der Waals surface area contributed by atoms with E-state index < -0.39 is 11.4 Å². The van der Waals surface area contributed by atoms with Gasteiger partial charge in [0, 0.05) is 34.8 Å². The van der Waals surface area contributed by atoms with Crippen molar-refractivity contribution in [2.75, 3.05) is 0 Å². The summed E-state index contributed by atoms with van der Waals surface area (Å²) in [5.74, 6) is -1.22. The molecule has 134 valence electrons. The molecule has 4 rings (SSSR count). The third kappa shape index (κ3) is 2.38. The van der Waals surface area contributed by atoms with E-state index in [1.807, 2.05) is 16.7 Å². The Morgan fingerprint density at radius 3 is 2.73 bits per heavy atom. The Labute approximate surface area is 154 Å². The number of carbonyl (C=O) groups is 1. The molecule has 0 radical (unpaired) electrons. The monoisotopic (exact) mass is 371 g/mol. The van der Waals surface area contributed by atoms with Crippen molar-refractivity contribution in [1.82, 2.24) is 4.57 Å². The highest BCUT2D eigenvalue weighted by Gasteiger charge is 2.35. The molecule has 1 N–H and O–H groups in total. The third-order valence-electron chi connectivity index (χ3n) is 5.11. The molecule has 0 bridgehead atoms. The lowest BCUT2D eigenvalue weighted by atomic mass is 9.78. The Hall–Kier alpha value is -2.53. The molecule has 26 heavy (non-hydrogen) atoms. The SMILES string of the molecule is CC(C)(C)[C@@H]1Cc2c(cc(Cl)c3ccoc23)-c2cc(=O)c(C(=O)O)cn21. The Bertz CT molecular complexity index is 1120. The molecule has 0 saturated carbocycles. The molecule has 0 fully saturated rings. The van der Waals surface area contributed by atoms with Gasteiger partial charge >= 0.3 is 5.97 Å². The highest BCUT2D eigenvalue weighted by molar-refractivity contribution is 6.35. The summed E-state index contributed by atoms with van der Waals surface area (Å²) < 4.78 is 7.60. The number of hydrogen-bond acceptors (Lipinski definition) is 3. The number of benzene rings is 1. The standard InChI is InChI=1S/C20H18ClNO4/c1-20(2,3)17-7-12-11(6-14(21)10-4-5-26-18(10)12)15-8-16(23)13(19(24)25)9-22(15)17/h4-6,8-9,17H,7H2,1-3H3,(H,24,25)/t17-/m0/s1. The fourth-order valence-electron chi connectivity index (χ4n) is 3.78. The van der Waals surface area contributed by atoms with Crippen molar-refractivity contribution < 1.29 is 14.3 Å². The second kappa shape index (κ2) is 5.48. The maximum absolute atomic E-state index is 12.3. The number of carboxylic acid groups (broad SMARTS) is 1. The van der Waals surface area contributed by atoms with Crippen LogP contribution in [-0.2, 0) is 6.42 Å². The zero-order chi connectivity index (χ0) is 18.8. The molecular weight excluding hydrogens is 354 g/mol. The molecule has 5 nitrogen and oxygen atoms in total. The average Bonchev–Trinajstić information content (AvgIpc) is 3.03. The number of aromatic carboxylic acids is 1. The quantitative estimate of drug-likeness (QED) is 0.669. The Morgan fingerprint density at radius 1 is 1.35 bits per heavy atom. The van der Waals surface area contributed by atoms with Crippen molar-refractivity contribution in [1.29, 1.82) is 0 Å². The van der Waals surface area contributed by atoms with Crippen LogP contribution < -0.4 is 5.43 Å². The summed E-state index contributed by atoms with van der Waals surface area (Å²) in [6, 6.07) is 5.03. The van der Waals surface area contributed by atoms with Crippen molar-refractivity contribution in [2.45, 2.75) is 33.2 Å². The maximum atomic E-state index is 12.3. The van der Waals surface area contributed by atoms with Crippen molar-refractivity contribution in [3.63, 3.8) is 0 Å². The van der Waals surface area contributed by atoms with E-state index in [9.17, 15) is 14.7 Å². The fourth-order valence-corrected chi connectivity index (χ4v) is 4.03. The summed E-state index contributed by atoms with van der Waals surface area (Å²) in [6.07, 6.45) is 3.73. The smallest absolute Gasteiger partial charge is 0.341 e. The van der Waals surface area contributed by atoms with Crippen LogP contribution in [-0.4, -0.2) is 15.6 Å². The largest absolute Gasteiger partial charge is 0.477 e. The van der Waals surface area contributed by atoms with Crippen LogP contribution >= 0.6 is 11.6 Å². The van der Waals surface area contributed by atoms with E-state index in [-0.39, 0.29) is 17.0 Å². The molecule has 6 heteroatoms. The van der Waals surface area contributed by atoms with Crippen molar-refractivity contribution >= 4 is 28.5 Å². The summed E-state index contributed by atoms with van der Waals surface area (Å²) in [5.41, 5.74) is 2.31. The normalized spacial score (nSPS) is 16.4. The first kappa shape index (κ1) is 16.9. The molecular formula is C20H18ClNO4. The van der Waals surface area contributed by atoms with E-state index in [0.717, 1.165) is 22.1 Å². The van der Waals surface area contributed by atoms with Crippen molar-refractivity contribution in [2.24, 2.45) is 5.41 Å². The van der Waals surface area contributed by atoms with Crippen LogP contribution in [0.1, 0.15) is 42.7 Å². The molecule has 2 aromatic heterocycles. The van der Waals surface area contributed by atoms with Crippen LogP contribution in [0.5, 0.6) is 0 Å². The van der Waals surface area contributed by atoms with Gasteiger partial charge in [-0.25, -0.2) is 4.79 Å². The van der Waals surface area contributed by atoms with Crippen LogP contribution in [0.15, 0.2) is 39.9 Å². The van der Waals surface area contributed by atoms with Gasteiger partial charge in [0.25, 0.3) is 0 Å². The van der Waals surface area contributed by atoms with Crippen LogP contribution in [0.2, 0.25) is 5.02 Å². The fraction of sp³-hybridized carbons (Fsp3) is 0.300. The molecule has 0 unspecified atom stereocenters. The van der Waals surface area contributed by atoms with Crippen LogP contribution in [0, 0.1) is 5.41 Å². The summed E-state index contributed by atoms with van der Waals surface area (Å²) in [7, 11) is 0. The van der Waals surface area contributed by atoms with Gasteiger partial charge in [-0.1, -0.05) is 32.4 Å². The topological polar surface area (TPSA) is 72.4 Å². The minimum Gasteiger partial charge on any atom is -0.477 e. The van der Waals surface area contributed by atoms with E-state index in [1.54, 1.807) is 6.26 Å². The summed E-state index contributed by atoms with van der Waals surface area (Å²) in [6.45, 7) is 6.29. The van der Waals surface area contributed by atoms with E-state index >= 15 is 0 Å². The predicted molar refractivity (Wildman–Crippen MR) is 100 cm³/mol. The van der Waals surface area contributed by atoms with Crippen LogP contribution in [0.4, 0.5) is 0 Å². The summed E-state index contributed by atoms with van der Waals surface area (Å²) in [5, 5.41) is 10.7. The van der Waals surface area contributed by atoms with E-state index in [4.69, 9.17) is 16.0 Å². The highest BCUT2D eigenvalue weighted by atomic mass is 35.5. The lowest BCUT2D eigenvalue weighted by molar-refractivity contribution is 0.0693. The van der Waals surface area contributed by atoms with Crippen LogP contribution in [0.25, 0.3) is 22.2 Å². The Balaban J connectivity index is 2.11. The molecule has 0 spiro atoms. The molecule has 1 aliphatic heterocycles. The zero-order valence-electron chi connectivity index (χ0n) is 14.7. The van der Waals surface area contributed by atoms with E-state index in [2.05, 4.69) is 20.8 Å². The average molecular weight is 372 g/mol. The maximum Gasteiger partial charge on any atom is 0.341 e. The lowest BCUT2D eigenvalue weighted by Crippen LogP contribution is -2.32. The molecule has 0 amide bonds. The third-order valence-corrected chi connectivity index (χ3v) is 5.42. The predicted octanol–water partition coefficient (Wildman–Crippen LogP) is 4.76. The molecule has 0 saturated heterocycles. The number of nitrogens with zero attached hydrogens (tertiary/aromatic N) is 1. The Kier molecular flexibility index (Phi) is 3.57. The second-order valence-corrected chi connectivity index (χ2v) is 8.19. The van der Waals surface area contributed by atoms with Gasteiger partial charge in [-0.2, -0.15) is 0 Å². The van der Waals surface area contributed by atoms with Gasteiger partial charge in [0.05, 0.1) is 17.0 Å². The molecule has 1 aromatic carbocycles. The highest BCUT2D eigenvalue weighted by Crippen LogP contribution is 2.46. The lowest BCUT2D eigenvalue weighted by Gasteiger charge is -2.39. The first-order chi connectivity index (χ1) is 12.2. The van der Waals surface area contributed by atoms with Gasteiger partial charge in [-0.3, -0.25) is 4.79 Å². The van der Waals surface area contributed by atoms with Crippen molar-refractivity contribution in [3.05, 3.63) is 57.0 Å². The number of rotatable bonds is 1.